The summed E-state index contributed by atoms with van der Waals surface area (Å²) in [5, 5.41) is 6.48. The molecule has 0 saturated carbocycles. The van der Waals surface area contributed by atoms with E-state index in [1.54, 1.807) is 39.5 Å². The van der Waals surface area contributed by atoms with Crippen LogP contribution in [0.25, 0.3) is 11.0 Å². The molecule has 2 N–H and O–H groups in total. The van der Waals surface area contributed by atoms with Gasteiger partial charge < -0.3 is 24.8 Å². The van der Waals surface area contributed by atoms with Crippen molar-refractivity contribution in [2.24, 2.45) is 0 Å². The molecule has 33 heavy (non-hydrogen) atoms. The van der Waals surface area contributed by atoms with E-state index in [0.717, 1.165) is 5.56 Å². The zero-order chi connectivity index (χ0) is 23.8. The van der Waals surface area contributed by atoms with Crippen LogP contribution in [0.2, 0.25) is 0 Å². The van der Waals surface area contributed by atoms with Crippen LogP contribution in [0.4, 0.5) is 11.8 Å². The Bertz CT molecular complexity index is 1140. The van der Waals surface area contributed by atoms with Crippen LogP contribution in [0.3, 0.4) is 0 Å². The molecule has 0 bridgehead atoms. The second-order valence-electron chi connectivity index (χ2n) is 7.57. The van der Waals surface area contributed by atoms with Crippen molar-refractivity contribution < 1.29 is 19.0 Å². The van der Waals surface area contributed by atoms with Gasteiger partial charge in [-0.2, -0.15) is 4.98 Å². The summed E-state index contributed by atoms with van der Waals surface area (Å²) in [4.78, 5) is 26.2. The Hall–Kier alpha value is -3.88. The van der Waals surface area contributed by atoms with Gasteiger partial charge in [0.05, 0.1) is 26.8 Å². The molecule has 174 valence electrons. The molecule has 0 spiro atoms. The molecule has 0 unspecified atom stereocenters. The number of methoxy groups -OCH3 is 3. The summed E-state index contributed by atoms with van der Waals surface area (Å²) >= 11 is 0. The van der Waals surface area contributed by atoms with Crippen molar-refractivity contribution in [3.8, 4) is 11.5 Å². The Labute approximate surface area is 193 Å². The fourth-order valence-corrected chi connectivity index (χ4v) is 3.40. The minimum absolute atomic E-state index is 0.381. The lowest BCUT2D eigenvalue weighted by Crippen LogP contribution is -2.44. The number of allylic oxidation sites excluding steroid dienone is 1. The number of benzene rings is 1. The Morgan fingerprint density at radius 3 is 2.70 bits per heavy atom. The molecule has 0 radical (unpaired) electrons. The van der Waals surface area contributed by atoms with Crippen molar-refractivity contribution in [3.05, 3.63) is 54.7 Å². The van der Waals surface area contributed by atoms with Crippen molar-refractivity contribution in [2.45, 2.75) is 31.8 Å². The van der Waals surface area contributed by atoms with Gasteiger partial charge in [0.15, 0.2) is 5.82 Å². The van der Waals surface area contributed by atoms with Crippen molar-refractivity contribution in [1.82, 2.24) is 15.0 Å². The molecule has 0 saturated heterocycles. The van der Waals surface area contributed by atoms with E-state index in [1.165, 1.54) is 7.11 Å². The number of aromatic nitrogens is 3. The third-order valence-corrected chi connectivity index (χ3v) is 5.26. The summed E-state index contributed by atoms with van der Waals surface area (Å²) in [5.74, 6) is 1.81. The number of ether oxygens (including phenoxy) is 3. The van der Waals surface area contributed by atoms with E-state index in [9.17, 15) is 4.79 Å². The van der Waals surface area contributed by atoms with Gasteiger partial charge in [-0.3, -0.25) is 4.98 Å². The number of carbonyl (C=O) groups excluding carboxylic acids is 1. The molecule has 3 rings (SSSR count). The highest BCUT2D eigenvalue weighted by Crippen LogP contribution is 2.28. The average molecular weight is 452 g/mol. The molecule has 1 atom stereocenters. The monoisotopic (exact) mass is 451 g/mol. The van der Waals surface area contributed by atoms with Gasteiger partial charge in [-0.25, -0.2) is 9.78 Å². The number of hydrogen-bond donors (Lipinski definition) is 2. The first-order valence-electron chi connectivity index (χ1n) is 10.5. The molecule has 1 aromatic carbocycles. The Kier molecular flexibility index (Phi) is 7.66. The van der Waals surface area contributed by atoms with Crippen LogP contribution in [-0.4, -0.2) is 47.8 Å². The quantitative estimate of drug-likeness (QED) is 0.331. The summed E-state index contributed by atoms with van der Waals surface area (Å²) in [6.45, 7) is 5.94. The van der Waals surface area contributed by atoms with Crippen molar-refractivity contribution in [3.63, 3.8) is 0 Å². The Morgan fingerprint density at radius 1 is 1.18 bits per heavy atom. The van der Waals surface area contributed by atoms with Gasteiger partial charge in [-0.05, 0) is 44.0 Å². The molecule has 9 heteroatoms. The van der Waals surface area contributed by atoms with Crippen molar-refractivity contribution in [1.29, 1.82) is 0 Å². The second kappa shape index (κ2) is 10.6. The lowest BCUT2D eigenvalue weighted by molar-refractivity contribution is -0.145. The fourth-order valence-electron chi connectivity index (χ4n) is 3.40. The minimum atomic E-state index is -1.02. The van der Waals surface area contributed by atoms with Crippen LogP contribution in [0.5, 0.6) is 11.5 Å². The number of nitrogens with zero attached hydrogens (tertiary/aromatic N) is 3. The minimum Gasteiger partial charge on any atom is -0.497 e. The molecule has 0 amide bonds. The number of pyridine rings is 1. The number of anilines is 2. The van der Waals surface area contributed by atoms with Gasteiger partial charge in [0.25, 0.3) is 0 Å². The van der Waals surface area contributed by atoms with E-state index >= 15 is 0 Å². The maximum absolute atomic E-state index is 12.6. The standard InChI is InChI=1S/C24H29N5O4/c1-6-7-12-24(2,22(30)33-5)29-21-20-18(9-8-13-25-20)27-23(28-21)26-15-16-10-11-17(31-3)14-19(16)32-4/h6,8-11,13-14H,1,7,12,15H2,2-5H3,(H2,26,27,28,29)/t24-/m1/s1. The van der Waals surface area contributed by atoms with Gasteiger partial charge >= 0.3 is 5.97 Å². The SMILES string of the molecule is C=CCC[C@@](C)(Nc1nc(NCc2ccc(OC)cc2OC)nc2cccnc12)C(=O)OC. The predicted octanol–water partition coefficient (Wildman–Crippen LogP) is 3.96. The first kappa shape index (κ1) is 23.8. The lowest BCUT2D eigenvalue weighted by atomic mass is 9.95. The van der Waals surface area contributed by atoms with Crippen LogP contribution in [-0.2, 0) is 16.1 Å². The third kappa shape index (κ3) is 5.49. The van der Waals surface area contributed by atoms with E-state index in [-0.39, 0.29) is 0 Å². The lowest BCUT2D eigenvalue weighted by Gasteiger charge is -2.28. The van der Waals surface area contributed by atoms with Crippen LogP contribution in [0.1, 0.15) is 25.3 Å². The Morgan fingerprint density at radius 2 is 2.00 bits per heavy atom. The predicted molar refractivity (Wildman–Crippen MR) is 128 cm³/mol. The molecule has 2 heterocycles. The Balaban J connectivity index is 1.94. The molecule has 0 aliphatic heterocycles. The van der Waals surface area contributed by atoms with Gasteiger partial charge in [0, 0.05) is 24.4 Å². The van der Waals surface area contributed by atoms with Gasteiger partial charge in [-0.1, -0.05) is 6.08 Å². The molecule has 9 nitrogen and oxygen atoms in total. The van der Waals surface area contributed by atoms with Crippen molar-refractivity contribution >= 4 is 28.8 Å². The summed E-state index contributed by atoms with van der Waals surface area (Å²) in [7, 11) is 4.58. The first-order chi connectivity index (χ1) is 15.9. The highest BCUT2D eigenvalue weighted by molar-refractivity contribution is 5.90. The summed E-state index contributed by atoms with van der Waals surface area (Å²) in [6.07, 6.45) is 4.52. The zero-order valence-electron chi connectivity index (χ0n) is 19.3. The van der Waals surface area contributed by atoms with E-state index in [1.807, 2.05) is 24.3 Å². The molecular weight excluding hydrogens is 422 g/mol. The van der Waals surface area contributed by atoms with E-state index in [0.29, 0.717) is 53.7 Å². The number of carbonyl (C=O) groups is 1. The molecule has 2 aromatic heterocycles. The number of nitrogens with one attached hydrogen (secondary N) is 2. The topological polar surface area (TPSA) is 107 Å². The average Bonchev–Trinajstić information content (AvgIpc) is 2.85. The van der Waals surface area contributed by atoms with E-state index in [4.69, 9.17) is 14.2 Å². The largest absolute Gasteiger partial charge is 0.497 e. The van der Waals surface area contributed by atoms with E-state index < -0.39 is 11.5 Å². The smallest absolute Gasteiger partial charge is 0.331 e. The van der Waals surface area contributed by atoms with Gasteiger partial charge in [0.1, 0.15) is 22.6 Å². The normalized spacial score (nSPS) is 12.5. The van der Waals surface area contributed by atoms with Crippen LogP contribution in [0.15, 0.2) is 49.2 Å². The number of fused-ring (bicyclic) bond motifs is 1. The third-order valence-electron chi connectivity index (χ3n) is 5.26. The van der Waals surface area contributed by atoms with Crippen LogP contribution >= 0.6 is 0 Å². The molecule has 0 fully saturated rings. The maximum atomic E-state index is 12.6. The number of hydrogen-bond acceptors (Lipinski definition) is 9. The summed E-state index contributed by atoms with van der Waals surface area (Å²) in [6, 6.07) is 9.23. The zero-order valence-corrected chi connectivity index (χ0v) is 19.3. The second-order valence-corrected chi connectivity index (χ2v) is 7.57. The fraction of sp³-hybridized carbons (Fsp3) is 0.333. The summed E-state index contributed by atoms with van der Waals surface area (Å²) < 4.78 is 15.8. The van der Waals surface area contributed by atoms with Crippen molar-refractivity contribution in [2.75, 3.05) is 32.0 Å². The first-order valence-corrected chi connectivity index (χ1v) is 10.5. The van der Waals surface area contributed by atoms with E-state index in [2.05, 4.69) is 32.2 Å². The summed E-state index contributed by atoms with van der Waals surface area (Å²) in [5.41, 5.74) is 1.08. The molecular formula is C24H29N5O4. The van der Waals surface area contributed by atoms with Crippen LogP contribution < -0.4 is 20.1 Å². The molecule has 0 aliphatic carbocycles. The van der Waals surface area contributed by atoms with Crippen LogP contribution in [0, 0.1) is 0 Å². The highest BCUT2D eigenvalue weighted by Gasteiger charge is 2.35. The molecule has 3 aromatic rings. The number of esters is 1. The van der Waals surface area contributed by atoms with Gasteiger partial charge in [-0.15, -0.1) is 6.58 Å². The highest BCUT2D eigenvalue weighted by atomic mass is 16.5. The molecule has 0 aliphatic rings. The van der Waals surface area contributed by atoms with Gasteiger partial charge in [0.2, 0.25) is 5.95 Å². The number of rotatable bonds is 11. The maximum Gasteiger partial charge on any atom is 0.331 e.